The van der Waals surface area contributed by atoms with Crippen molar-refractivity contribution in [3.63, 3.8) is 0 Å². The first-order valence-corrected chi connectivity index (χ1v) is 6.97. The summed E-state index contributed by atoms with van der Waals surface area (Å²) in [7, 11) is 1.76. The van der Waals surface area contributed by atoms with E-state index in [1.54, 1.807) is 11.7 Å². The van der Waals surface area contributed by atoms with E-state index in [0.717, 1.165) is 25.0 Å². The highest BCUT2D eigenvalue weighted by molar-refractivity contribution is 5.94. The Balaban J connectivity index is 1.76. The second-order valence-corrected chi connectivity index (χ2v) is 5.06. The van der Waals surface area contributed by atoms with Crippen molar-refractivity contribution in [2.75, 3.05) is 11.9 Å². The molecule has 110 valence electrons. The number of rotatable bonds is 4. The number of benzene rings is 1. The zero-order chi connectivity index (χ0) is 14.7. The van der Waals surface area contributed by atoms with E-state index in [4.69, 9.17) is 4.74 Å². The zero-order valence-corrected chi connectivity index (χ0v) is 11.8. The van der Waals surface area contributed by atoms with Crippen molar-refractivity contribution in [1.29, 1.82) is 0 Å². The molecule has 0 bridgehead atoms. The highest BCUT2D eigenvalue weighted by Gasteiger charge is 2.20. The van der Waals surface area contributed by atoms with Gasteiger partial charge in [-0.3, -0.25) is 4.79 Å². The van der Waals surface area contributed by atoms with Gasteiger partial charge in [-0.1, -0.05) is 12.1 Å². The molecule has 1 atom stereocenters. The summed E-state index contributed by atoms with van der Waals surface area (Å²) >= 11 is 0. The standard InChI is InChI=1S/C14H17N5O2/c1-19-14(16-17-18-19)11-6-2-3-7-12(11)15-13(20)9-10-5-4-8-21-10/h2-3,6-7,10H,4-5,8-9H2,1H3,(H,15,20)/t10-/m1/s1. The summed E-state index contributed by atoms with van der Waals surface area (Å²) in [5, 5.41) is 14.4. The molecular formula is C14H17N5O2. The summed E-state index contributed by atoms with van der Waals surface area (Å²) in [6.07, 6.45) is 2.39. The van der Waals surface area contributed by atoms with E-state index < -0.39 is 0 Å². The van der Waals surface area contributed by atoms with Gasteiger partial charge in [0.05, 0.1) is 18.2 Å². The van der Waals surface area contributed by atoms with Crippen LogP contribution in [-0.4, -0.2) is 38.8 Å². The van der Waals surface area contributed by atoms with Crippen molar-refractivity contribution in [1.82, 2.24) is 20.2 Å². The summed E-state index contributed by atoms with van der Waals surface area (Å²) in [6.45, 7) is 0.749. The molecule has 2 aromatic rings. The molecular weight excluding hydrogens is 270 g/mol. The Hall–Kier alpha value is -2.28. The molecule has 1 fully saturated rings. The number of carbonyl (C=O) groups is 1. The van der Waals surface area contributed by atoms with Gasteiger partial charge in [-0.15, -0.1) is 5.10 Å². The fourth-order valence-electron chi connectivity index (χ4n) is 2.46. The van der Waals surface area contributed by atoms with Gasteiger partial charge in [0.25, 0.3) is 0 Å². The van der Waals surface area contributed by atoms with Gasteiger partial charge in [0.15, 0.2) is 5.82 Å². The summed E-state index contributed by atoms with van der Waals surface area (Å²) < 4.78 is 7.06. The molecule has 21 heavy (non-hydrogen) atoms. The van der Waals surface area contributed by atoms with Crippen molar-refractivity contribution in [3.8, 4) is 11.4 Å². The maximum absolute atomic E-state index is 12.1. The first-order valence-electron chi connectivity index (χ1n) is 6.97. The normalized spacial score (nSPS) is 17.9. The minimum atomic E-state index is -0.0514. The molecule has 1 saturated heterocycles. The van der Waals surface area contributed by atoms with Crippen LogP contribution in [0.5, 0.6) is 0 Å². The fraction of sp³-hybridized carbons (Fsp3) is 0.429. The SMILES string of the molecule is Cn1nnnc1-c1ccccc1NC(=O)C[C@H]1CCCO1. The van der Waals surface area contributed by atoms with Crippen molar-refractivity contribution in [2.45, 2.75) is 25.4 Å². The number of aromatic nitrogens is 4. The molecule has 0 saturated carbocycles. The zero-order valence-electron chi connectivity index (χ0n) is 11.8. The van der Waals surface area contributed by atoms with Crippen LogP contribution in [-0.2, 0) is 16.6 Å². The number of anilines is 1. The molecule has 0 unspecified atom stereocenters. The first-order chi connectivity index (χ1) is 10.2. The molecule has 7 heteroatoms. The molecule has 1 aliphatic rings. The maximum atomic E-state index is 12.1. The van der Waals surface area contributed by atoms with Gasteiger partial charge in [-0.05, 0) is 35.4 Å². The van der Waals surface area contributed by atoms with Crippen molar-refractivity contribution >= 4 is 11.6 Å². The molecule has 1 aromatic carbocycles. The Morgan fingerprint density at radius 3 is 3.05 bits per heavy atom. The van der Waals surface area contributed by atoms with Gasteiger partial charge in [0.2, 0.25) is 5.91 Å². The van der Waals surface area contributed by atoms with E-state index in [0.29, 0.717) is 17.9 Å². The lowest BCUT2D eigenvalue weighted by Gasteiger charge is -2.12. The van der Waals surface area contributed by atoms with Gasteiger partial charge < -0.3 is 10.1 Å². The third-order valence-electron chi connectivity index (χ3n) is 3.50. The van der Waals surface area contributed by atoms with E-state index in [2.05, 4.69) is 20.8 Å². The Bertz CT molecular complexity index is 634. The van der Waals surface area contributed by atoms with E-state index in [1.807, 2.05) is 24.3 Å². The predicted molar refractivity (Wildman–Crippen MR) is 76.5 cm³/mol. The number of nitrogens with one attached hydrogen (secondary N) is 1. The number of nitrogens with zero attached hydrogens (tertiary/aromatic N) is 4. The van der Waals surface area contributed by atoms with Crippen molar-refractivity contribution in [3.05, 3.63) is 24.3 Å². The average molecular weight is 287 g/mol. The molecule has 0 spiro atoms. The third-order valence-corrected chi connectivity index (χ3v) is 3.50. The molecule has 1 N–H and O–H groups in total. The number of para-hydroxylation sites is 1. The van der Waals surface area contributed by atoms with E-state index >= 15 is 0 Å². The van der Waals surface area contributed by atoms with Crippen LogP contribution in [0.15, 0.2) is 24.3 Å². The highest BCUT2D eigenvalue weighted by Crippen LogP contribution is 2.25. The lowest BCUT2D eigenvalue weighted by atomic mass is 10.1. The molecule has 1 aliphatic heterocycles. The van der Waals surface area contributed by atoms with Crippen LogP contribution >= 0.6 is 0 Å². The minimum absolute atomic E-state index is 0.0358. The quantitative estimate of drug-likeness (QED) is 0.918. The van der Waals surface area contributed by atoms with Crippen LogP contribution in [0.2, 0.25) is 0 Å². The predicted octanol–water partition coefficient (Wildman–Crippen LogP) is 1.38. The molecule has 3 rings (SSSR count). The topological polar surface area (TPSA) is 81.9 Å². The summed E-state index contributed by atoms with van der Waals surface area (Å²) in [6, 6.07) is 7.49. The van der Waals surface area contributed by atoms with E-state index in [-0.39, 0.29) is 12.0 Å². The smallest absolute Gasteiger partial charge is 0.227 e. The largest absolute Gasteiger partial charge is 0.378 e. The van der Waals surface area contributed by atoms with Gasteiger partial charge in [0, 0.05) is 19.2 Å². The van der Waals surface area contributed by atoms with Crippen LogP contribution in [0.3, 0.4) is 0 Å². The number of ether oxygens (including phenoxy) is 1. The summed E-state index contributed by atoms with van der Waals surface area (Å²) in [5.74, 6) is 0.562. The number of hydrogen-bond donors (Lipinski definition) is 1. The lowest BCUT2D eigenvalue weighted by Crippen LogP contribution is -2.19. The van der Waals surface area contributed by atoms with Crippen LogP contribution in [0.25, 0.3) is 11.4 Å². The maximum Gasteiger partial charge on any atom is 0.227 e. The second kappa shape index (κ2) is 6.01. The summed E-state index contributed by atoms with van der Waals surface area (Å²) in [4.78, 5) is 12.1. The Labute approximate surface area is 122 Å². The minimum Gasteiger partial charge on any atom is -0.378 e. The molecule has 2 heterocycles. The van der Waals surface area contributed by atoms with Gasteiger partial charge in [-0.2, -0.15) is 0 Å². The van der Waals surface area contributed by atoms with Gasteiger partial charge in [0.1, 0.15) is 0 Å². The van der Waals surface area contributed by atoms with E-state index in [9.17, 15) is 4.79 Å². The Morgan fingerprint density at radius 1 is 1.48 bits per heavy atom. The average Bonchev–Trinajstić information content (AvgIpc) is 3.11. The number of tetrazole rings is 1. The summed E-state index contributed by atoms with van der Waals surface area (Å²) in [5.41, 5.74) is 1.50. The Kier molecular flexibility index (Phi) is 3.92. The van der Waals surface area contributed by atoms with Gasteiger partial charge >= 0.3 is 0 Å². The first kappa shape index (κ1) is 13.7. The fourth-order valence-corrected chi connectivity index (χ4v) is 2.46. The van der Waals surface area contributed by atoms with Crippen molar-refractivity contribution < 1.29 is 9.53 Å². The number of aryl methyl sites for hydroxylation is 1. The number of amides is 1. The van der Waals surface area contributed by atoms with Crippen LogP contribution in [0.4, 0.5) is 5.69 Å². The molecule has 0 radical (unpaired) electrons. The molecule has 0 aliphatic carbocycles. The molecule has 7 nitrogen and oxygen atoms in total. The molecule has 1 aromatic heterocycles. The second-order valence-electron chi connectivity index (χ2n) is 5.06. The number of hydrogen-bond acceptors (Lipinski definition) is 5. The monoisotopic (exact) mass is 287 g/mol. The van der Waals surface area contributed by atoms with Gasteiger partial charge in [-0.25, -0.2) is 4.68 Å². The van der Waals surface area contributed by atoms with Crippen LogP contribution < -0.4 is 5.32 Å². The Morgan fingerprint density at radius 2 is 2.33 bits per heavy atom. The van der Waals surface area contributed by atoms with Crippen molar-refractivity contribution in [2.24, 2.45) is 7.05 Å². The number of carbonyl (C=O) groups excluding carboxylic acids is 1. The highest BCUT2D eigenvalue weighted by atomic mass is 16.5. The lowest BCUT2D eigenvalue weighted by molar-refractivity contribution is -0.118. The molecule has 1 amide bonds. The van der Waals surface area contributed by atoms with Crippen LogP contribution in [0.1, 0.15) is 19.3 Å². The third kappa shape index (κ3) is 3.08. The van der Waals surface area contributed by atoms with E-state index in [1.165, 1.54) is 0 Å². The van der Waals surface area contributed by atoms with Crippen LogP contribution in [0, 0.1) is 0 Å².